The Morgan fingerprint density at radius 3 is 1.19 bits per heavy atom. The summed E-state index contributed by atoms with van der Waals surface area (Å²) in [7, 11) is 0. The van der Waals surface area contributed by atoms with E-state index in [0.29, 0.717) is 0 Å². The van der Waals surface area contributed by atoms with Gasteiger partial charge >= 0.3 is 0 Å². The fourth-order valence-electron chi connectivity index (χ4n) is 4.34. The minimum absolute atomic E-state index is 0.160. The first kappa shape index (κ1) is 23.5. The molecule has 6 rings (SSSR count). The molecule has 2 N–H and O–H groups in total. The van der Waals surface area contributed by atoms with Crippen LogP contribution in [0.25, 0.3) is 0 Å². The van der Waals surface area contributed by atoms with Crippen molar-refractivity contribution in [2.24, 2.45) is 0 Å². The Hall–Kier alpha value is -3.18. The first-order valence-electron chi connectivity index (χ1n) is 10.8. The Morgan fingerprint density at radius 1 is 0.531 bits per heavy atom. The molecule has 0 saturated carbocycles. The van der Waals surface area contributed by atoms with Crippen molar-refractivity contribution in [2.75, 3.05) is 39.3 Å². The molecule has 0 spiro atoms. The maximum Gasteiger partial charge on any atom is 0.245 e. The lowest BCUT2D eigenvalue weighted by Gasteiger charge is -2.42. The number of hydrogen-bond acceptors (Lipinski definition) is 6. The molecule has 0 aliphatic carbocycles. The fourth-order valence-corrected chi connectivity index (χ4v) is 4.34. The third-order valence-electron chi connectivity index (χ3n) is 6.54. The molecule has 176 valence electrons. The quantitative estimate of drug-likeness (QED) is 0.407. The number of carbonyl (C=O) groups is 6. The van der Waals surface area contributed by atoms with Crippen LogP contribution in [-0.4, -0.2) is 118 Å². The Kier molecular flexibility index (Phi) is 6.70. The second-order valence-corrected chi connectivity index (χ2v) is 8.38. The van der Waals surface area contributed by atoms with Gasteiger partial charge in [-0.25, -0.2) is 0 Å². The van der Waals surface area contributed by atoms with Crippen molar-refractivity contribution in [1.82, 2.24) is 30.2 Å². The van der Waals surface area contributed by atoms with Crippen molar-refractivity contribution in [1.29, 1.82) is 0 Å². The molecule has 4 bridgehead atoms. The molecule has 6 aliphatic heterocycles. The lowest BCUT2D eigenvalue weighted by molar-refractivity contribution is -0.156. The molecule has 4 atom stereocenters. The van der Waals surface area contributed by atoms with Gasteiger partial charge in [0.1, 0.15) is 24.2 Å². The minimum atomic E-state index is -0.828. The van der Waals surface area contributed by atoms with Crippen molar-refractivity contribution >= 4 is 35.4 Å². The van der Waals surface area contributed by atoms with Crippen LogP contribution in [-0.2, 0) is 28.8 Å². The topological polar surface area (TPSA) is 139 Å². The average molecular weight is 450 g/mol. The summed E-state index contributed by atoms with van der Waals surface area (Å²) in [4.78, 5) is 81.7. The number of carbonyl (C=O) groups excluding carboxylic acids is 6. The Balaban J connectivity index is 1.86. The summed E-state index contributed by atoms with van der Waals surface area (Å²) >= 11 is 0. The van der Waals surface area contributed by atoms with E-state index < -0.39 is 47.8 Å². The van der Waals surface area contributed by atoms with Crippen molar-refractivity contribution in [2.45, 2.75) is 51.9 Å². The second kappa shape index (κ2) is 9.13. The highest BCUT2D eigenvalue weighted by molar-refractivity contribution is 5.97. The summed E-state index contributed by atoms with van der Waals surface area (Å²) in [5, 5.41) is 5.10. The largest absolute Gasteiger partial charge is 0.345 e. The van der Waals surface area contributed by atoms with E-state index in [0.717, 1.165) is 0 Å². The first-order valence-corrected chi connectivity index (χ1v) is 10.8. The van der Waals surface area contributed by atoms with Gasteiger partial charge in [-0.15, -0.1) is 0 Å². The van der Waals surface area contributed by atoms with E-state index in [-0.39, 0.29) is 51.1 Å². The van der Waals surface area contributed by atoms with Crippen LogP contribution >= 0.6 is 0 Å². The number of amides is 6. The molecule has 6 heterocycles. The summed E-state index contributed by atoms with van der Waals surface area (Å²) in [6, 6.07) is -3.25. The number of hydrogen-bond donors (Lipinski definition) is 2. The maximum atomic E-state index is 12.8. The zero-order valence-corrected chi connectivity index (χ0v) is 18.8. The van der Waals surface area contributed by atoms with E-state index in [1.165, 1.54) is 19.6 Å². The highest BCUT2D eigenvalue weighted by atomic mass is 16.2. The molecule has 0 aromatic heterocycles. The van der Waals surface area contributed by atoms with Gasteiger partial charge in [-0.05, 0) is 27.7 Å². The van der Waals surface area contributed by atoms with Gasteiger partial charge in [-0.3, -0.25) is 28.8 Å². The lowest BCUT2D eigenvalue weighted by atomic mass is 10.1. The van der Waals surface area contributed by atoms with Crippen molar-refractivity contribution in [3.05, 3.63) is 0 Å². The highest BCUT2D eigenvalue weighted by Gasteiger charge is 2.40. The summed E-state index contributed by atoms with van der Waals surface area (Å²) in [5.74, 6) is -2.57. The second-order valence-electron chi connectivity index (χ2n) is 8.38. The van der Waals surface area contributed by atoms with Crippen LogP contribution in [0.1, 0.15) is 27.7 Å². The monoisotopic (exact) mass is 450 g/mol. The van der Waals surface area contributed by atoms with E-state index >= 15 is 0 Å². The SMILES string of the molecule is C[C@H]1C(=O)N2CCN1C(=O)CNC(=O)[C@H](C)N1CCN(C(=O)CNC(=O)[C@@H]2C)[C@@H](C)C1=O. The van der Waals surface area contributed by atoms with E-state index in [2.05, 4.69) is 10.6 Å². The number of nitrogens with zero attached hydrogens (tertiary/aromatic N) is 4. The van der Waals surface area contributed by atoms with Crippen LogP contribution in [0, 0.1) is 0 Å². The molecule has 0 unspecified atom stereocenters. The van der Waals surface area contributed by atoms with Crippen molar-refractivity contribution in [3.63, 3.8) is 0 Å². The molecule has 0 aromatic carbocycles. The third-order valence-corrected chi connectivity index (χ3v) is 6.54. The van der Waals surface area contributed by atoms with Crippen LogP contribution < -0.4 is 10.6 Å². The normalized spacial score (nSPS) is 31.0. The van der Waals surface area contributed by atoms with E-state index in [9.17, 15) is 28.8 Å². The predicted octanol–water partition coefficient (Wildman–Crippen LogP) is -2.87. The summed E-state index contributed by atoms with van der Waals surface area (Å²) in [6.07, 6.45) is 0. The van der Waals surface area contributed by atoms with E-state index in [1.807, 2.05) is 0 Å². The van der Waals surface area contributed by atoms with E-state index in [1.54, 1.807) is 27.7 Å². The van der Waals surface area contributed by atoms with Gasteiger partial charge in [0.15, 0.2) is 0 Å². The zero-order valence-electron chi connectivity index (χ0n) is 18.8. The number of piperazine rings is 2. The molecule has 12 heteroatoms. The number of rotatable bonds is 0. The average Bonchev–Trinajstić information content (AvgIpc) is 2.77. The molecule has 0 radical (unpaired) electrons. The van der Waals surface area contributed by atoms with Crippen molar-refractivity contribution in [3.8, 4) is 0 Å². The van der Waals surface area contributed by atoms with Crippen LogP contribution in [0.4, 0.5) is 0 Å². The molecule has 6 saturated heterocycles. The van der Waals surface area contributed by atoms with Crippen molar-refractivity contribution < 1.29 is 28.8 Å². The minimum Gasteiger partial charge on any atom is -0.345 e. The van der Waals surface area contributed by atoms with Gasteiger partial charge < -0.3 is 30.2 Å². The highest BCUT2D eigenvalue weighted by Crippen LogP contribution is 2.17. The Labute approximate surface area is 186 Å². The van der Waals surface area contributed by atoms with Crippen LogP contribution in [0.15, 0.2) is 0 Å². The van der Waals surface area contributed by atoms with Gasteiger partial charge in [-0.2, -0.15) is 0 Å². The Morgan fingerprint density at radius 2 is 0.844 bits per heavy atom. The first-order chi connectivity index (χ1) is 15.0. The maximum absolute atomic E-state index is 12.8. The molecule has 0 aromatic rings. The molecule has 6 amide bonds. The fraction of sp³-hybridized carbons (Fsp3) is 0.700. The number of nitrogens with one attached hydrogen (secondary N) is 2. The van der Waals surface area contributed by atoms with Crippen LogP contribution in [0.3, 0.4) is 0 Å². The molecular weight excluding hydrogens is 420 g/mol. The zero-order chi connectivity index (χ0) is 23.7. The predicted molar refractivity (Wildman–Crippen MR) is 111 cm³/mol. The molecule has 6 fully saturated rings. The van der Waals surface area contributed by atoms with Gasteiger partial charge in [0, 0.05) is 26.2 Å². The third kappa shape index (κ3) is 4.26. The standard InChI is InChI=1S/C20H30N6O6/c1-11-17(29)21-9-15(27)24-6-8-26(20(32)14(24)4)12(2)18(30)22-10-16(28)23-5-7-25(11)19(31)13(23)3/h11-14H,5-10H2,1-4H3,(H,21,29)(H,22,30)/t11-,12-,13-,14-/m0/s1. The Bertz CT molecular complexity index is 778. The summed E-state index contributed by atoms with van der Waals surface area (Å²) < 4.78 is 0. The van der Waals surface area contributed by atoms with Crippen LogP contribution in [0.5, 0.6) is 0 Å². The van der Waals surface area contributed by atoms with Gasteiger partial charge in [0.25, 0.3) is 0 Å². The molecular formula is C20H30N6O6. The smallest absolute Gasteiger partial charge is 0.245 e. The van der Waals surface area contributed by atoms with Crippen LogP contribution in [0.2, 0.25) is 0 Å². The lowest BCUT2D eigenvalue weighted by Crippen LogP contribution is -2.65. The molecule has 6 aliphatic rings. The molecule has 32 heavy (non-hydrogen) atoms. The molecule has 12 nitrogen and oxygen atoms in total. The van der Waals surface area contributed by atoms with Gasteiger partial charge in [0.05, 0.1) is 13.1 Å². The van der Waals surface area contributed by atoms with E-state index in [4.69, 9.17) is 0 Å². The summed E-state index contributed by atoms with van der Waals surface area (Å²) in [5.41, 5.74) is 0. The van der Waals surface area contributed by atoms with Gasteiger partial charge in [-0.1, -0.05) is 0 Å². The van der Waals surface area contributed by atoms with Gasteiger partial charge in [0.2, 0.25) is 35.4 Å². The summed E-state index contributed by atoms with van der Waals surface area (Å²) in [6.45, 7) is 6.40.